The summed E-state index contributed by atoms with van der Waals surface area (Å²) in [5.74, 6) is -1.00. The molecule has 4 rings (SSSR count). The van der Waals surface area contributed by atoms with Gasteiger partial charge in [-0.1, -0.05) is 32.4 Å². The van der Waals surface area contributed by atoms with E-state index in [2.05, 4.69) is 15.1 Å². The van der Waals surface area contributed by atoms with Crippen molar-refractivity contribution in [2.75, 3.05) is 17.9 Å². The summed E-state index contributed by atoms with van der Waals surface area (Å²) in [5.41, 5.74) is 0.753. The van der Waals surface area contributed by atoms with Gasteiger partial charge in [0, 0.05) is 36.9 Å². The lowest BCUT2D eigenvalue weighted by Crippen LogP contribution is -2.42. The second kappa shape index (κ2) is 9.96. The molecular formula is C25H35ClN4O5S. The Labute approximate surface area is 217 Å². The number of nitrogens with zero attached hydrogens (tertiary/aromatic N) is 2. The first-order valence-corrected chi connectivity index (χ1v) is 14.1. The number of anilines is 1. The van der Waals surface area contributed by atoms with Crippen molar-refractivity contribution < 1.29 is 22.7 Å². The summed E-state index contributed by atoms with van der Waals surface area (Å²) in [5, 5.41) is 8.10. The fourth-order valence-electron chi connectivity index (χ4n) is 4.60. The minimum Gasteiger partial charge on any atom is -0.348 e. The molecule has 2 N–H and O–H groups in total. The molecule has 11 heteroatoms. The molecule has 1 aromatic carbocycles. The van der Waals surface area contributed by atoms with Crippen LogP contribution >= 0.6 is 11.6 Å². The smallest absolute Gasteiger partial charge is 0.271 e. The highest BCUT2D eigenvalue weighted by molar-refractivity contribution is 7.92. The third-order valence-electron chi connectivity index (χ3n) is 7.24. The number of hydrogen-bond donors (Lipinski definition) is 2. The minimum absolute atomic E-state index is 0.0477. The summed E-state index contributed by atoms with van der Waals surface area (Å²) in [7, 11) is -2.34. The Morgan fingerprint density at radius 2 is 1.75 bits per heavy atom. The van der Waals surface area contributed by atoms with Crippen LogP contribution in [0.4, 0.5) is 5.69 Å². The molecule has 9 nitrogen and oxygen atoms in total. The predicted octanol–water partition coefficient (Wildman–Crippen LogP) is 4.44. The maximum absolute atomic E-state index is 13.4. The second-order valence-electron chi connectivity index (χ2n) is 10.7. The molecule has 2 aromatic rings. The van der Waals surface area contributed by atoms with Gasteiger partial charge in [-0.2, -0.15) is 5.10 Å². The molecule has 1 saturated heterocycles. The zero-order valence-electron chi connectivity index (χ0n) is 21.4. The maximum atomic E-state index is 13.4. The van der Waals surface area contributed by atoms with E-state index in [0.717, 1.165) is 0 Å². The molecule has 1 aliphatic carbocycles. The first kappa shape index (κ1) is 26.9. The Kier molecular flexibility index (Phi) is 7.45. The number of sulfonamides is 1. The van der Waals surface area contributed by atoms with Crippen LogP contribution in [0, 0.1) is 5.41 Å². The maximum Gasteiger partial charge on any atom is 0.271 e. The summed E-state index contributed by atoms with van der Waals surface area (Å²) in [4.78, 5) is 13.5. The molecule has 198 valence electrons. The van der Waals surface area contributed by atoms with E-state index in [1.54, 1.807) is 7.05 Å². The summed E-state index contributed by atoms with van der Waals surface area (Å²) in [6, 6.07) is 5.74. The fourth-order valence-corrected chi connectivity index (χ4v) is 5.81. The lowest BCUT2D eigenvalue weighted by atomic mass is 9.82. The molecule has 1 amide bonds. The standard InChI is InChI=1S/C25H35ClN4O5S/c1-16(24(2,3)4)27-23(31)22-21(29-36(32,33)19-8-6-18(26)7-9-19)20(28-30(22)5)17-10-12-25(13-11-17)34-14-15-35-25/h6-9,16-17,29H,10-15H2,1-5H3,(H,27,31)/t16-/m0/s1. The van der Waals surface area contributed by atoms with E-state index in [0.29, 0.717) is 49.6 Å². The van der Waals surface area contributed by atoms with E-state index in [-0.39, 0.29) is 39.6 Å². The van der Waals surface area contributed by atoms with E-state index < -0.39 is 15.8 Å². The number of aromatic nitrogens is 2. The number of amides is 1. The number of nitrogens with one attached hydrogen (secondary N) is 2. The van der Waals surface area contributed by atoms with Crippen molar-refractivity contribution in [2.24, 2.45) is 12.5 Å². The van der Waals surface area contributed by atoms with Crippen molar-refractivity contribution in [3.63, 3.8) is 0 Å². The third kappa shape index (κ3) is 5.56. The topological polar surface area (TPSA) is 112 Å². The van der Waals surface area contributed by atoms with Crippen LogP contribution in [-0.4, -0.2) is 49.1 Å². The van der Waals surface area contributed by atoms with Crippen molar-refractivity contribution in [1.29, 1.82) is 0 Å². The van der Waals surface area contributed by atoms with E-state index in [1.165, 1.54) is 28.9 Å². The second-order valence-corrected chi connectivity index (χ2v) is 12.9. The molecule has 0 bridgehead atoms. The highest BCUT2D eigenvalue weighted by atomic mass is 35.5. The van der Waals surface area contributed by atoms with E-state index in [1.807, 2.05) is 27.7 Å². The number of carbonyl (C=O) groups excluding carboxylic acids is 1. The molecular weight excluding hydrogens is 504 g/mol. The summed E-state index contributed by atoms with van der Waals surface area (Å²) < 4.78 is 42.6. The Hall–Kier alpha value is -2.14. The van der Waals surface area contributed by atoms with Crippen LogP contribution in [0.1, 0.15) is 75.5 Å². The fraction of sp³-hybridized carbons (Fsp3) is 0.600. The van der Waals surface area contributed by atoms with Crippen LogP contribution < -0.4 is 10.0 Å². The first-order valence-electron chi connectivity index (χ1n) is 12.3. The Bertz CT molecular complexity index is 1200. The average Bonchev–Trinajstić information content (AvgIpc) is 3.38. The molecule has 0 unspecified atom stereocenters. The summed E-state index contributed by atoms with van der Waals surface area (Å²) in [6.07, 6.45) is 2.76. The van der Waals surface area contributed by atoms with E-state index in [9.17, 15) is 13.2 Å². The number of ether oxygens (including phenoxy) is 2. The lowest BCUT2D eigenvalue weighted by molar-refractivity contribution is -0.178. The van der Waals surface area contributed by atoms with Gasteiger partial charge in [0.1, 0.15) is 11.4 Å². The predicted molar refractivity (Wildman–Crippen MR) is 138 cm³/mol. The molecule has 1 saturated carbocycles. The van der Waals surface area contributed by atoms with Gasteiger partial charge in [-0.15, -0.1) is 0 Å². The number of rotatable bonds is 6. The van der Waals surface area contributed by atoms with Gasteiger partial charge < -0.3 is 14.8 Å². The normalized spacial score (nSPS) is 19.4. The minimum atomic E-state index is -4.00. The van der Waals surface area contributed by atoms with Gasteiger partial charge in [0.15, 0.2) is 5.79 Å². The average molecular weight is 539 g/mol. The number of benzene rings is 1. The Balaban J connectivity index is 1.70. The van der Waals surface area contributed by atoms with Crippen LogP contribution in [0.3, 0.4) is 0 Å². The molecule has 1 aliphatic heterocycles. The summed E-state index contributed by atoms with van der Waals surface area (Å²) in [6.45, 7) is 9.17. The van der Waals surface area contributed by atoms with Crippen molar-refractivity contribution in [1.82, 2.24) is 15.1 Å². The van der Waals surface area contributed by atoms with Crippen molar-refractivity contribution in [3.05, 3.63) is 40.7 Å². The molecule has 0 radical (unpaired) electrons. The molecule has 1 aromatic heterocycles. The van der Waals surface area contributed by atoms with Crippen LogP contribution in [0.2, 0.25) is 5.02 Å². The van der Waals surface area contributed by atoms with Crippen molar-refractivity contribution in [2.45, 2.75) is 76.0 Å². The van der Waals surface area contributed by atoms with Crippen molar-refractivity contribution in [3.8, 4) is 0 Å². The van der Waals surface area contributed by atoms with Gasteiger partial charge >= 0.3 is 0 Å². The zero-order valence-corrected chi connectivity index (χ0v) is 23.0. The molecule has 1 spiro atoms. The van der Waals surface area contributed by atoms with Crippen molar-refractivity contribution >= 4 is 33.2 Å². The van der Waals surface area contributed by atoms with Crippen LogP contribution in [-0.2, 0) is 26.5 Å². The zero-order chi connectivity index (χ0) is 26.3. The third-order valence-corrected chi connectivity index (χ3v) is 8.86. The highest BCUT2D eigenvalue weighted by Crippen LogP contribution is 2.44. The molecule has 1 atom stereocenters. The SMILES string of the molecule is C[C@H](NC(=O)c1c(NS(=O)(=O)c2ccc(Cl)cc2)c(C2CCC3(CC2)OCCO3)nn1C)C(C)(C)C. The number of aryl methyl sites for hydroxylation is 1. The van der Waals surface area contributed by atoms with Crippen LogP contribution in [0.15, 0.2) is 29.2 Å². The number of halogens is 1. The largest absolute Gasteiger partial charge is 0.348 e. The van der Waals surface area contributed by atoms with Gasteiger partial charge in [0.05, 0.1) is 23.8 Å². The lowest BCUT2D eigenvalue weighted by Gasteiger charge is -2.35. The van der Waals surface area contributed by atoms with E-state index >= 15 is 0 Å². The quantitative estimate of drug-likeness (QED) is 0.562. The van der Waals surface area contributed by atoms with Gasteiger partial charge in [-0.05, 0) is 49.4 Å². The first-order chi connectivity index (χ1) is 16.8. The number of carbonyl (C=O) groups is 1. The van der Waals surface area contributed by atoms with Gasteiger partial charge in [0.25, 0.3) is 15.9 Å². The molecule has 2 aliphatic rings. The molecule has 36 heavy (non-hydrogen) atoms. The molecule has 2 fully saturated rings. The Morgan fingerprint density at radius 1 is 1.17 bits per heavy atom. The molecule has 2 heterocycles. The van der Waals surface area contributed by atoms with Gasteiger partial charge in [-0.25, -0.2) is 8.42 Å². The number of hydrogen-bond acceptors (Lipinski definition) is 6. The summed E-state index contributed by atoms with van der Waals surface area (Å²) >= 11 is 5.95. The van der Waals surface area contributed by atoms with Gasteiger partial charge in [0.2, 0.25) is 0 Å². The van der Waals surface area contributed by atoms with E-state index in [4.69, 9.17) is 21.1 Å². The highest BCUT2D eigenvalue weighted by Gasteiger charge is 2.42. The van der Waals surface area contributed by atoms with Gasteiger partial charge in [-0.3, -0.25) is 14.2 Å². The monoisotopic (exact) mass is 538 g/mol. The Morgan fingerprint density at radius 3 is 2.31 bits per heavy atom. The van der Waals surface area contributed by atoms with Crippen LogP contribution in [0.25, 0.3) is 0 Å². The van der Waals surface area contributed by atoms with Crippen LogP contribution in [0.5, 0.6) is 0 Å².